The van der Waals surface area contributed by atoms with Crippen LogP contribution in [0, 0.1) is 11.8 Å². The smallest absolute Gasteiger partial charge is 0.347 e. The Kier molecular flexibility index (Phi) is 3.87. The van der Waals surface area contributed by atoms with Gasteiger partial charge in [0.2, 0.25) is 0 Å². The zero-order valence-corrected chi connectivity index (χ0v) is 11.7. The number of anilines is 1. The summed E-state index contributed by atoms with van der Waals surface area (Å²) in [6.45, 7) is 6.57. The van der Waals surface area contributed by atoms with Crippen LogP contribution in [0.5, 0.6) is 0 Å². The minimum atomic E-state index is -0.925. The second-order valence-electron chi connectivity index (χ2n) is 4.87. The first-order valence-corrected chi connectivity index (χ1v) is 6.81. The molecule has 6 heteroatoms. The standard InChI is InChI=1S/C12H18N2O3S/c1-7-4-14(5-8(7)2)12-13-9(6-17-3)10(18-12)11(15)16/h7-8H,4-6H2,1-3H3,(H,15,16). The van der Waals surface area contributed by atoms with Crippen molar-refractivity contribution in [2.24, 2.45) is 11.8 Å². The van der Waals surface area contributed by atoms with Gasteiger partial charge >= 0.3 is 5.97 Å². The number of methoxy groups -OCH3 is 1. The SMILES string of the molecule is COCc1nc(N2CC(C)C(C)C2)sc1C(=O)O. The van der Waals surface area contributed by atoms with E-state index in [1.807, 2.05) is 0 Å². The number of aromatic carboxylic acids is 1. The van der Waals surface area contributed by atoms with E-state index in [0.717, 1.165) is 18.2 Å². The molecule has 1 N–H and O–H groups in total. The number of ether oxygens (including phenoxy) is 1. The van der Waals surface area contributed by atoms with Gasteiger partial charge < -0.3 is 14.7 Å². The maximum absolute atomic E-state index is 11.1. The third kappa shape index (κ3) is 2.49. The summed E-state index contributed by atoms with van der Waals surface area (Å²) in [6.07, 6.45) is 0. The van der Waals surface area contributed by atoms with Crippen molar-refractivity contribution in [2.45, 2.75) is 20.5 Å². The predicted octanol–water partition coefficient (Wildman–Crippen LogP) is 2.08. The first-order valence-electron chi connectivity index (χ1n) is 5.99. The molecule has 0 radical (unpaired) electrons. The molecule has 0 amide bonds. The Bertz CT molecular complexity index is 437. The number of thiazole rings is 1. The molecular formula is C12H18N2O3S. The van der Waals surface area contributed by atoms with Crippen LogP contribution in [0.15, 0.2) is 0 Å². The maximum atomic E-state index is 11.1. The lowest BCUT2D eigenvalue weighted by Gasteiger charge is -2.13. The molecule has 5 nitrogen and oxygen atoms in total. The van der Waals surface area contributed by atoms with Gasteiger partial charge in [-0.15, -0.1) is 0 Å². The van der Waals surface area contributed by atoms with Crippen LogP contribution < -0.4 is 4.90 Å². The molecule has 100 valence electrons. The van der Waals surface area contributed by atoms with Crippen molar-refractivity contribution in [2.75, 3.05) is 25.1 Å². The van der Waals surface area contributed by atoms with E-state index in [1.165, 1.54) is 11.3 Å². The van der Waals surface area contributed by atoms with Crippen LogP contribution >= 0.6 is 11.3 Å². The number of hydrogen-bond donors (Lipinski definition) is 1. The molecule has 18 heavy (non-hydrogen) atoms. The lowest BCUT2D eigenvalue weighted by Crippen LogP contribution is -2.19. The number of hydrogen-bond acceptors (Lipinski definition) is 5. The molecule has 1 aromatic heterocycles. The van der Waals surface area contributed by atoms with Gasteiger partial charge in [-0.05, 0) is 11.8 Å². The molecule has 1 aliphatic heterocycles. The summed E-state index contributed by atoms with van der Waals surface area (Å²) in [7, 11) is 1.55. The summed E-state index contributed by atoms with van der Waals surface area (Å²) in [5.41, 5.74) is 0.525. The van der Waals surface area contributed by atoms with E-state index < -0.39 is 5.97 Å². The Morgan fingerprint density at radius 1 is 1.50 bits per heavy atom. The highest BCUT2D eigenvalue weighted by atomic mass is 32.1. The number of nitrogens with zero attached hydrogens (tertiary/aromatic N) is 2. The van der Waals surface area contributed by atoms with Crippen molar-refractivity contribution < 1.29 is 14.6 Å². The summed E-state index contributed by atoms with van der Waals surface area (Å²) in [4.78, 5) is 18.0. The monoisotopic (exact) mass is 270 g/mol. The van der Waals surface area contributed by atoms with Crippen LogP contribution in [-0.4, -0.2) is 36.3 Å². The third-order valence-electron chi connectivity index (χ3n) is 3.42. The maximum Gasteiger partial charge on any atom is 0.347 e. The highest BCUT2D eigenvalue weighted by Gasteiger charge is 2.29. The Morgan fingerprint density at radius 3 is 2.61 bits per heavy atom. The summed E-state index contributed by atoms with van der Waals surface area (Å²) < 4.78 is 5.00. The minimum Gasteiger partial charge on any atom is -0.477 e. The Hall–Kier alpha value is -1.14. The molecule has 2 atom stereocenters. The fourth-order valence-electron chi connectivity index (χ4n) is 2.16. The molecule has 1 saturated heterocycles. The van der Waals surface area contributed by atoms with Gasteiger partial charge in [-0.1, -0.05) is 25.2 Å². The summed E-state index contributed by atoms with van der Waals surface area (Å²) >= 11 is 1.24. The van der Waals surface area contributed by atoms with Crippen LogP contribution in [0.3, 0.4) is 0 Å². The average molecular weight is 270 g/mol. The van der Waals surface area contributed by atoms with Crippen molar-refractivity contribution in [3.05, 3.63) is 10.6 Å². The number of rotatable bonds is 4. The van der Waals surface area contributed by atoms with Gasteiger partial charge in [0.15, 0.2) is 5.13 Å². The van der Waals surface area contributed by atoms with Crippen molar-refractivity contribution >= 4 is 22.4 Å². The van der Waals surface area contributed by atoms with Crippen LogP contribution in [0.4, 0.5) is 5.13 Å². The first-order chi connectivity index (χ1) is 8.52. The van der Waals surface area contributed by atoms with Gasteiger partial charge in [0.05, 0.1) is 12.3 Å². The van der Waals surface area contributed by atoms with E-state index in [9.17, 15) is 4.79 Å². The molecule has 0 saturated carbocycles. The number of carboxylic acids is 1. The van der Waals surface area contributed by atoms with E-state index in [4.69, 9.17) is 9.84 Å². The first kappa shape index (κ1) is 13.3. The van der Waals surface area contributed by atoms with Gasteiger partial charge in [0, 0.05) is 20.2 Å². The number of carboxylic acid groups (broad SMARTS) is 1. The van der Waals surface area contributed by atoms with E-state index >= 15 is 0 Å². The van der Waals surface area contributed by atoms with Crippen molar-refractivity contribution in [3.8, 4) is 0 Å². The van der Waals surface area contributed by atoms with Crippen LogP contribution in [0.2, 0.25) is 0 Å². The summed E-state index contributed by atoms with van der Waals surface area (Å²) in [5.74, 6) is 0.312. The highest BCUT2D eigenvalue weighted by Crippen LogP contribution is 2.32. The second-order valence-corrected chi connectivity index (χ2v) is 5.85. The van der Waals surface area contributed by atoms with Crippen molar-refractivity contribution in [1.82, 2.24) is 4.98 Å². The molecular weight excluding hydrogens is 252 g/mol. The quantitative estimate of drug-likeness (QED) is 0.907. The Labute approximate surface area is 110 Å². The Balaban J connectivity index is 2.24. The largest absolute Gasteiger partial charge is 0.477 e. The van der Waals surface area contributed by atoms with Gasteiger partial charge in [0.25, 0.3) is 0 Å². The highest BCUT2D eigenvalue weighted by molar-refractivity contribution is 7.17. The van der Waals surface area contributed by atoms with Crippen LogP contribution in [0.25, 0.3) is 0 Å². The summed E-state index contributed by atoms with van der Waals surface area (Å²) in [5, 5.41) is 9.95. The molecule has 1 fully saturated rings. The van der Waals surface area contributed by atoms with E-state index in [0.29, 0.717) is 22.4 Å². The van der Waals surface area contributed by atoms with E-state index in [1.54, 1.807) is 7.11 Å². The second kappa shape index (κ2) is 5.24. The predicted molar refractivity (Wildman–Crippen MR) is 70.3 cm³/mol. The molecule has 2 unspecified atom stereocenters. The van der Waals surface area contributed by atoms with Crippen LogP contribution in [-0.2, 0) is 11.3 Å². The molecule has 2 rings (SSSR count). The fraction of sp³-hybridized carbons (Fsp3) is 0.667. The molecule has 0 bridgehead atoms. The van der Waals surface area contributed by atoms with E-state index in [2.05, 4.69) is 23.7 Å². The summed E-state index contributed by atoms with van der Waals surface area (Å²) in [6, 6.07) is 0. The molecule has 0 spiro atoms. The molecule has 1 aromatic rings. The van der Waals surface area contributed by atoms with Crippen molar-refractivity contribution in [1.29, 1.82) is 0 Å². The van der Waals surface area contributed by atoms with Crippen LogP contribution in [0.1, 0.15) is 29.2 Å². The fourth-order valence-corrected chi connectivity index (χ4v) is 3.09. The molecule has 0 aliphatic carbocycles. The molecule has 2 heterocycles. The Morgan fingerprint density at radius 2 is 2.11 bits per heavy atom. The number of aromatic nitrogens is 1. The lowest BCUT2D eigenvalue weighted by molar-refractivity contribution is 0.0697. The third-order valence-corrected chi connectivity index (χ3v) is 4.57. The van der Waals surface area contributed by atoms with Gasteiger partial charge in [0.1, 0.15) is 4.88 Å². The average Bonchev–Trinajstić information content (AvgIpc) is 2.85. The zero-order chi connectivity index (χ0) is 13.3. The molecule has 0 aromatic carbocycles. The topological polar surface area (TPSA) is 62.7 Å². The van der Waals surface area contributed by atoms with Crippen molar-refractivity contribution in [3.63, 3.8) is 0 Å². The number of carbonyl (C=O) groups is 1. The molecule has 1 aliphatic rings. The van der Waals surface area contributed by atoms with Gasteiger partial charge in [-0.2, -0.15) is 0 Å². The van der Waals surface area contributed by atoms with E-state index in [-0.39, 0.29) is 6.61 Å². The normalized spacial score (nSPS) is 23.6. The van der Waals surface area contributed by atoms with Gasteiger partial charge in [-0.3, -0.25) is 0 Å². The lowest BCUT2D eigenvalue weighted by atomic mass is 10.0. The minimum absolute atomic E-state index is 0.247. The zero-order valence-electron chi connectivity index (χ0n) is 10.8. The van der Waals surface area contributed by atoms with Gasteiger partial charge in [-0.25, -0.2) is 9.78 Å².